The SMILES string of the molecule is CC(C)c1nnc(C2CC(F)(F)C2)o1. The van der Waals surface area contributed by atoms with E-state index in [-0.39, 0.29) is 24.7 Å². The van der Waals surface area contributed by atoms with Gasteiger partial charge < -0.3 is 4.42 Å². The summed E-state index contributed by atoms with van der Waals surface area (Å²) in [5.74, 6) is -1.74. The Bertz CT molecular complexity index is 327. The summed E-state index contributed by atoms with van der Waals surface area (Å²) in [5, 5.41) is 7.58. The van der Waals surface area contributed by atoms with Crippen LogP contribution in [0.2, 0.25) is 0 Å². The molecule has 78 valence electrons. The summed E-state index contributed by atoms with van der Waals surface area (Å²) in [4.78, 5) is 0. The third-order valence-corrected chi connectivity index (χ3v) is 2.39. The minimum Gasteiger partial charge on any atom is -0.425 e. The minimum absolute atomic E-state index is 0.150. The van der Waals surface area contributed by atoms with Crippen molar-refractivity contribution in [3.05, 3.63) is 11.8 Å². The molecule has 0 aromatic carbocycles. The Morgan fingerprint density at radius 2 is 2.00 bits per heavy atom. The molecule has 0 unspecified atom stereocenters. The maximum atomic E-state index is 12.5. The van der Waals surface area contributed by atoms with Gasteiger partial charge in [0.05, 0.1) is 0 Å². The lowest BCUT2D eigenvalue weighted by atomic mass is 9.81. The van der Waals surface area contributed by atoms with Crippen molar-refractivity contribution >= 4 is 0 Å². The summed E-state index contributed by atoms with van der Waals surface area (Å²) in [6.07, 6.45) is -0.320. The summed E-state index contributed by atoms with van der Waals surface area (Å²) in [6, 6.07) is 0. The van der Waals surface area contributed by atoms with Gasteiger partial charge in [-0.15, -0.1) is 10.2 Å². The van der Waals surface area contributed by atoms with Gasteiger partial charge in [-0.2, -0.15) is 0 Å². The van der Waals surface area contributed by atoms with Gasteiger partial charge in [0.2, 0.25) is 17.7 Å². The fraction of sp³-hybridized carbons (Fsp3) is 0.778. The molecule has 1 heterocycles. The summed E-state index contributed by atoms with van der Waals surface area (Å²) >= 11 is 0. The van der Waals surface area contributed by atoms with Gasteiger partial charge in [-0.3, -0.25) is 0 Å². The van der Waals surface area contributed by atoms with Crippen molar-refractivity contribution in [1.29, 1.82) is 0 Å². The molecule has 1 aromatic heterocycles. The first-order chi connectivity index (χ1) is 6.48. The van der Waals surface area contributed by atoms with Crippen LogP contribution in [0.25, 0.3) is 0 Å². The van der Waals surface area contributed by atoms with Crippen LogP contribution < -0.4 is 0 Å². The summed E-state index contributed by atoms with van der Waals surface area (Å²) < 4.78 is 30.4. The fourth-order valence-corrected chi connectivity index (χ4v) is 1.48. The summed E-state index contributed by atoms with van der Waals surface area (Å²) in [6.45, 7) is 3.85. The second kappa shape index (κ2) is 3.00. The highest BCUT2D eigenvalue weighted by Crippen LogP contribution is 2.47. The lowest BCUT2D eigenvalue weighted by Crippen LogP contribution is -2.33. The van der Waals surface area contributed by atoms with Crippen molar-refractivity contribution in [3.63, 3.8) is 0 Å². The third-order valence-electron chi connectivity index (χ3n) is 2.39. The fourth-order valence-electron chi connectivity index (χ4n) is 1.48. The van der Waals surface area contributed by atoms with E-state index in [4.69, 9.17) is 4.42 Å². The monoisotopic (exact) mass is 202 g/mol. The van der Waals surface area contributed by atoms with Gasteiger partial charge in [0.1, 0.15) is 0 Å². The van der Waals surface area contributed by atoms with E-state index >= 15 is 0 Å². The maximum absolute atomic E-state index is 12.5. The molecule has 1 aliphatic rings. The smallest absolute Gasteiger partial charge is 0.249 e. The normalized spacial score (nSPS) is 21.2. The average molecular weight is 202 g/mol. The summed E-state index contributed by atoms with van der Waals surface area (Å²) in [5.41, 5.74) is 0. The number of rotatable bonds is 2. The van der Waals surface area contributed by atoms with Gasteiger partial charge in [0.25, 0.3) is 0 Å². The van der Waals surface area contributed by atoms with Crippen LogP contribution in [0.3, 0.4) is 0 Å². The Hall–Kier alpha value is -1.00. The van der Waals surface area contributed by atoms with E-state index in [1.54, 1.807) is 0 Å². The zero-order valence-electron chi connectivity index (χ0n) is 8.13. The van der Waals surface area contributed by atoms with Crippen molar-refractivity contribution in [3.8, 4) is 0 Å². The number of hydrogen-bond donors (Lipinski definition) is 0. The molecular formula is C9H12F2N2O. The van der Waals surface area contributed by atoms with Crippen molar-refractivity contribution in [2.45, 2.75) is 44.4 Å². The highest BCUT2D eigenvalue weighted by atomic mass is 19.3. The van der Waals surface area contributed by atoms with Crippen molar-refractivity contribution in [2.75, 3.05) is 0 Å². The largest absolute Gasteiger partial charge is 0.425 e. The van der Waals surface area contributed by atoms with Crippen LogP contribution in [0.15, 0.2) is 4.42 Å². The Balaban J connectivity index is 2.05. The van der Waals surface area contributed by atoms with Gasteiger partial charge in [-0.25, -0.2) is 8.78 Å². The zero-order valence-corrected chi connectivity index (χ0v) is 8.13. The molecule has 1 fully saturated rings. The summed E-state index contributed by atoms with van der Waals surface area (Å²) in [7, 11) is 0. The van der Waals surface area contributed by atoms with Gasteiger partial charge >= 0.3 is 0 Å². The van der Waals surface area contributed by atoms with Crippen LogP contribution in [0.4, 0.5) is 8.78 Å². The van der Waals surface area contributed by atoms with E-state index in [1.165, 1.54) is 0 Å². The first-order valence-electron chi connectivity index (χ1n) is 4.69. The lowest BCUT2D eigenvalue weighted by molar-refractivity contribution is -0.0919. The van der Waals surface area contributed by atoms with E-state index in [0.717, 1.165) is 0 Å². The van der Waals surface area contributed by atoms with Gasteiger partial charge in [0, 0.05) is 24.7 Å². The molecule has 0 spiro atoms. The van der Waals surface area contributed by atoms with Crippen LogP contribution in [0.1, 0.15) is 50.3 Å². The average Bonchev–Trinajstić information content (AvgIpc) is 2.47. The molecule has 14 heavy (non-hydrogen) atoms. The number of aromatic nitrogens is 2. The molecule has 0 aliphatic heterocycles. The van der Waals surface area contributed by atoms with Crippen LogP contribution in [0.5, 0.6) is 0 Å². The van der Waals surface area contributed by atoms with Gasteiger partial charge in [-0.05, 0) is 0 Å². The number of nitrogens with zero attached hydrogens (tertiary/aromatic N) is 2. The molecule has 0 bridgehead atoms. The molecule has 5 heteroatoms. The lowest BCUT2D eigenvalue weighted by Gasteiger charge is -2.32. The molecule has 0 saturated heterocycles. The molecule has 1 aromatic rings. The minimum atomic E-state index is -2.53. The van der Waals surface area contributed by atoms with Crippen LogP contribution in [-0.4, -0.2) is 16.1 Å². The Morgan fingerprint density at radius 3 is 2.43 bits per heavy atom. The van der Waals surface area contributed by atoms with E-state index in [0.29, 0.717) is 11.8 Å². The number of hydrogen-bond acceptors (Lipinski definition) is 3. The molecule has 3 nitrogen and oxygen atoms in total. The standard InChI is InChI=1S/C9H12F2N2O/c1-5(2)7-12-13-8(14-7)6-3-9(10,11)4-6/h5-6H,3-4H2,1-2H3. The molecule has 0 N–H and O–H groups in total. The predicted octanol–water partition coefficient (Wildman–Crippen LogP) is 2.71. The highest BCUT2D eigenvalue weighted by Gasteiger charge is 2.48. The zero-order chi connectivity index (χ0) is 10.3. The second-order valence-corrected chi connectivity index (χ2v) is 4.09. The van der Waals surface area contributed by atoms with E-state index in [1.807, 2.05) is 13.8 Å². The Morgan fingerprint density at radius 1 is 1.36 bits per heavy atom. The van der Waals surface area contributed by atoms with Crippen molar-refractivity contribution in [2.24, 2.45) is 0 Å². The Labute approximate surface area is 80.5 Å². The number of halogens is 2. The molecule has 1 aliphatic carbocycles. The van der Waals surface area contributed by atoms with Gasteiger partial charge in [-0.1, -0.05) is 13.8 Å². The van der Waals surface area contributed by atoms with Gasteiger partial charge in [0.15, 0.2) is 0 Å². The van der Waals surface area contributed by atoms with Crippen LogP contribution in [-0.2, 0) is 0 Å². The third kappa shape index (κ3) is 1.63. The molecule has 0 radical (unpaired) electrons. The molecule has 2 rings (SSSR count). The highest BCUT2D eigenvalue weighted by molar-refractivity contribution is 5.04. The Kier molecular flexibility index (Phi) is 2.05. The maximum Gasteiger partial charge on any atom is 0.249 e. The molecule has 0 amide bonds. The molecule has 0 atom stereocenters. The van der Waals surface area contributed by atoms with Crippen LogP contribution in [0, 0.1) is 0 Å². The first kappa shape index (κ1) is 9.55. The van der Waals surface area contributed by atoms with Crippen molar-refractivity contribution in [1.82, 2.24) is 10.2 Å². The first-order valence-corrected chi connectivity index (χ1v) is 4.69. The number of alkyl halides is 2. The van der Waals surface area contributed by atoms with E-state index < -0.39 is 5.92 Å². The van der Waals surface area contributed by atoms with E-state index in [2.05, 4.69) is 10.2 Å². The molecule has 1 saturated carbocycles. The van der Waals surface area contributed by atoms with Crippen LogP contribution >= 0.6 is 0 Å². The van der Waals surface area contributed by atoms with E-state index in [9.17, 15) is 8.78 Å². The predicted molar refractivity (Wildman–Crippen MR) is 45.3 cm³/mol. The second-order valence-electron chi connectivity index (χ2n) is 4.09. The topological polar surface area (TPSA) is 38.9 Å². The quantitative estimate of drug-likeness (QED) is 0.740. The van der Waals surface area contributed by atoms with Crippen molar-refractivity contribution < 1.29 is 13.2 Å². The molecular weight excluding hydrogens is 190 g/mol.